The first-order valence-corrected chi connectivity index (χ1v) is 7.01. The van der Waals surface area contributed by atoms with Gasteiger partial charge in [-0.05, 0) is 29.8 Å². The summed E-state index contributed by atoms with van der Waals surface area (Å²) in [6.07, 6.45) is 1.82. The highest BCUT2D eigenvalue weighted by Gasteiger charge is 2.04. The number of nitrogens with zero attached hydrogens (tertiary/aromatic N) is 1. The second kappa shape index (κ2) is 5.23. The molecule has 5 heteroatoms. The van der Waals surface area contributed by atoms with E-state index >= 15 is 0 Å². The van der Waals surface area contributed by atoms with E-state index in [0.717, 1.165) is 31.6 Å². The maximum absolute atomic E-state index is 6.20. The summed E-state index contributed by atoms with van der Waals surface area (Å²) in [5, 5.41) is 12.2. The van der Waals surface area contributed by atoms with Gasteiger partial charge in [-0.3, -0.25) is 5.10 Å². The number of fused-ring (bicyclic) bond motifs is 1. The van der Waals surface area contributed by atoms with Crippen molar-refractivity contribution in [3.05, 3.63) is 57.7 Å². The Hall–Kier alpha value is -1.52. The molecule has 0 aliphatic carbocycles. The molecule has 0 aliphatic rings. The summed E-state index contributed by atoms with van der Waals surface area (Å²) in [5.41, 5.74) is 3.13. The number of anilines is 1. The van der Waals surface area contributed by atoms with Gasteiger partial charge < -0.3 is 5.32 Å². The third kappa shape index (κ3) is 2.60. The van der Waals surface area contributed by atoms with E-state index in [1.54, 1.807) is 0 Å². The number of hydrogen-bond acceptors (Lipinski definition) is 2. The van der Waals surface area contributed by atoms with Crippen LogP contribution < -0.4 is 5.32 Å². The molecule has 1 heterocycles. The standard InChI is InChI=1S/C14H11BrClN3/c15-10-5-4-9(12(16)6-10)7-17-13-2-1-3-14-11(13)8-18-19-14/h1-6,8,17H,7H2,(H,18,19). The lowest BCUT2D eigenvalue weighted by atomic mass is 10.2. The molecule has 3 aromatic rings. The zero-order valence-corrected chi connectivity index (χ0v) is 12.3. The van der Waals surface area contributed by atoms with Crippen molar-refractivity contribution in [1.82, 2.24) is 10.2 Å². The van der Waals surface area contributed by atoms with E-state index in [2.05, 4.69) is 31.4 Å². The van der Waals surface area contributed by atoms with Gasteiger partial charge in [0.25, 0.3) is 0 Å². The van der Waals surface area contributed by atoms with Crippen LogP contribution in [0.5, 0.6) is 0 Å². The van der Waals surface area contributed by atoms with Gasteiger partial charge in [0.05, 0.1) is 11.7 Å². The average Bonchev–Trinajstić information content (AvgIpc) is 2.86. The van der Waals surface area contributed by atoms with Crippen LogP contribution in [0.1, 0.15) is 5.56 Å². The lowest BCUT2D eigenvalue weighted by Gasteiger charge is -2.09. The SMILES string of the molecule is Clc1cc(Br)ccc1CNc1cccc2[nH]ncc12. The number of aromatic nitrogens is 2. The fourth-order valence-electron chi connectivity index (χ4n) is 1.98. The number of nitrogens with one attached hydrogen (secondary N) is 2. The summed E-state index contributed by atoms with van der Waals surface area (Å²) in [7, 11) is 0. The van der Waals surface area contributed by atoms with Crippen molar-refractivity contribution in [2.75, 3.05) is 5.32 Å². The van der Waals surface area contributed by atoms with Gasteiger partial charge in [0.1, 0.15) is 0 Å². The Morgan fingerprint density at radius 1 is 1.26 bits per heavy atom. The molecule has 3 nitrogen and oxygen atoms in total. The lowest BCUT2D eigenvalue weighted by molar-refractivity contribution is 1.12. The quantitative estimate of drug-likeness (QED) is 0.734. The zero-order valence-electron chi connectivity index (χ0n) is 9.95. The molecule has 0 bridgehead atoms. The second-order valence-corrected chi connectivity index (χ2v) is 5.55. The third-order valence-corrected chi connectivity index (χ3v) is 3.81. The molecule has 0 amide bonds. The molecular weight excluding hydrogens is 326 g/mol. The molecule has 0 atom stereocenters. The number of H-pyrrole nitrogens is 1. The molecule has 0 aliphatic heterocycles. The van der Waals surface area contributed by atoms with Crippen molar-refractivity contribution in [1.29, 1.82) is 0 Å². The van der Waals surface area contributed by atoms with Crippen molar-refractivity contribution in [2.45, 2.75) is 6.54 Å². The highest BCUT2D eigenvalue weighted by molar-refractivity contribution is 9.10. The largest absolute Gasteiger partial charge is 0.380 e. The zero-order chi connectivity index (χ0) is 13.2. The molecular formula is C14H11BrClN3. The maximum Gasteiger partial charge on any atom is 0.0671 e. The van der Waals surface area contributed by atoms with Crippen molar-refractivity contribution in [3.63, 3.8) is 0 Å². The normalized spacial score (nSPS) is 10.8. The molecule has 0 spiro atoms. The highest BCUT2D eigenvalue weighted by Crippen LogP contribution is 2.25. The van der Waals surface area contributed by atoms with Gasteiger partial charge in [-0.15, -0.1) is 0 Å². The van der Waals surface area contributed by atoms with E-state index in [1.807, 2.05) is 42.6 Å². The highest BCUT2D eigenvalue weighted by atomic mass is 79.9. The number of halogens is 2. The van der Waals surface area contributed by atoms with Crippen LogP contribution in [-0.4, -0.2) is 10.2 Å². The minimum Gasteiger partial charge on any atom is -0.380 e. The summed E-state index contributed by atoms with van der Waals surface area (Å²) in [5.74, 6) is 0. The molecule has 1 aromatic heterocycles. The van der Waals surface area contributed by atoms with Crippen molar-refractivity contribution in [3.8, 4) is 0 Å². The van der Waals surface area contributed by atoms with Gasteiger partial charge in [-0.1, -0.05) is 39.7 Å². The molecule has 0 radical (unpaired) electrons. The Labute approximate surface area is 124 Å². The Morgan fingerprint density at radius 2 is 2.16 bits per heavy atom. The molecule has 0 saturated carbocycles. The lowest BCUT2D eigenvalue weighted by Crippen LogP contribution is -2.00. The monoisotopic (exact) mass is 335 g/mol. The van der Waals surface area contributed by atoms with E-state index < -0.39 is 0 Å². The molecule has 0 saturated heterocycles. The summed E-state index contributed by atoms with van der Waals surface area (Å²) >= 11 is 9.61. The summed E-state index contributed by atoms with van der Waals surface area (Å²) in [6.45, 7) is 0.677. The Kier molecular flexibility index (Phi) is 3.44. The van der Waals surface area contributed by atoms with Crippen LogP contribution in [-0.2, 0) is 6.54 Å². The minimum atomic E-state index is 0.677. The van der Waals surface area contributed by atoms with E-state index in [-0.39, 0.29) is 0 Å². The molecule has 2 aromatic carbocycles. The fraction of sp³-hybridized carbons (Fsp3) is 0.0714. The summed E-state index contributed by atoms with van der Waals surface area (Å²) in [6, 6.07) is 11.9. The second-order valence-electron chi connectivity index (χ2n) is 4.23. The summed E-state index contributed by atoms with van der Waals surface area (Å²) < 4.78 is 0.984. The minimum absolute atomic E-state index is 0.677. The van der Waals surface area contributed by atoms with Crippen LogP contribution in [0.15, 0.2) is 47.1 Å². The van der Waals surface area contributed by atoms with E-state index in [9.17, 15) is 0 Å². The van der Waals surface area contributed by atoms with Crippen molar-refractivity contribution < 1.29 is 0 Å². The number of hydrogen-bond donors (Lipinski definition) is 2. The maximum atomic E-state index is 6.20. The van der Waals surface area contributed by atoms with Crippen LogP contribution in [0.4, 0.5) is 5.69 Å². The molecule has 0 fully saturated rings. The molecule has 0 unspecified atom stereocenters. The Morgan fingerprint density at radius 3 is 3.00 bits per heavy atom. The third-order valence-electron chi connectivity index (χ3n) is 2.97. The number of aromatic amines is 1. The predicted molar refractivity (Wildman–Crippen MR) is 82.6 cm³/mol. The van der Waals surface area contributed by atoms with Crippen molar-refractivity contribution in [2.24, 2.45) is 0 Å². The van der Waals surface area contributed by atoms with E-state index in [1.165, 1.54) is 0 Å². The van der Waals surface area contributed by atoms with Crippen LogP contribution in [0.3, 0.4) is 0 Å². The first-order valence-electron chi connectivity index (χ1n) is 5.84. The Bertz CT molecular complexity index is 724. The van der Waals surface area contributed by atoms with Crippen LogP contribution in [0, 0.1) is 0 Å². The molecule has 3 rings (SSSR count). The smallest absolute Gasteiger partial charge is 0.0671 e. The number of benzene rings is 2. The summed E-state index contributed by atoms with van der Waals surface area (Å²) in [4.78, 5) is 0. The first kappa shape index (κ1) is 12.5. The van der Waals surface area contributed by atoms with Gasteiger partial charge in [0.2, 0.25) is 0 Å². The average molecular weight is 337 g/mol. The van der Waals surface area contributed by atoms with Crippen molar-refractivity contribution >= 4 is 44.1 Å². The van der Waals surface area contributed by atoms with E-state index in [0.29, 0.717) is 6.54 Å². The van der Waals surface area contributed by atoms with E-state index in [4.69, 9.17) is 11.6 Å². The Balaban J connectivity index is 1.84. The molecule has 2 N–H and O–H groups in total. The first-order chi connectivity index (χ1) is 9.24. The fourth-order valence-corrected chi connectivity index (χ4v) is 2.72. The topological polar surface area (TPSA) is 40.7 Å². The van der Waals surface area contributed by atoms with Gasteiger partial charge in [0, 0.05) is 27.1 Å². The van der Waals surface area contributed by atoms with Gasteiger partial charge >= 0.3 is 0 Å². The van der Waals surface area contributed by atoms with Crippen LogP contribution in [0.25, 0.3) is 10.9 Å². The van der Waals surface area contributed by atoms with Gasteiger partial charge in [-0.25, -0.2) is 0 Å². The molecule has 96 valence electrons. The van der Waals surface area contributed by atoms with Crippen LogP contribution in [0.2, 0.25) is 5.02 Å². The van der Waals surface area contributed by atoms with Crippen LogP contribution >= 0.6 is 27.5 Å². The molecule has 19 heavy (non-hydrogen) atoms. The predicted octanol–water partition coefficient (Wildman–Crippen LogP) is 4.59. The van der Waals surface area contributed by atoms with Gasteiger partial charge in [0.15, 0.2) is 0 Å². The van der Waals surface area contributed by atoms with Gasteiger partial charge in [-0.2, -0.15) is 5.10 Å². The number of rotatable bonds is 3.